The average molecular weight is 262 g/mol. The molecule has 2 fully saturated rings. The van der Waals surface area contributed by atoms with Crippen LogP contribution in [0.1, 0.15) is 97.3 Å². The zero-order valence-corrected chi connectivity index (χ0v) is 13.3. The minimum atomic E-state index is 0.948. The fraction of sp³-hybridized carbons (Fsp3) is 0.895. The van der Waals surface area contributed by atoms with Gasteiger partial charge in [-0.05, 0) is 57.8 Å². The van der Waals surface area contributed by atoms with E-state index in [1.165, 1.54) is 83.5 Å². The zero-order valence-electron chi connectivity index (χ0n) is 13.3. The molecule has 1 unspecified atom stereocenters. The Balaban J connectivity index is 2.08. The smallest absolute Gasteiger partial charge is 0.0172 e. The van der Waals surface area contributed by atoms with Gasteiger partial charge in [-0.25, -0.2) is 0 Å². The molecule has 0 bridgehead atoms. The Morgan fingerprint density at radius 1 is 0.684 bits per heavy atom. The van der Waals surface area contributed by atoms with Gasteiger partial charge in [0, 0.05) is 0 Å². The van der Waals surface area contributed by atoms with Crippen molar-refractivity contribution in [2.75, 3.05) is 0 Å². The third-order valence-electron chi connectivity index (χ3n) is 5.52. The standard InChI is InChI=1S/C19H34/c1-16(2)18-14-10-6-7-11-15-19(18)17-12-8-4-3-5-9-13-17/h17,19H,3-15H2,1-2H3. The first-order valence-electron chi connectivity index (χ1n) is 8.95. The van der Waals surface area contributed by atoms with Gasteiger partial charge in [0.05, 0.1) is 0 Å². The summed E-state index contributed by atoms with van der Waals surface area (Å²) in [7, 11) is 0. The number of hydrogen-bond acceptors (Lipinski definition) is 0. The normalized spacial score (nSPS) is 28.1. The third kappa shape index (κ3) is 4.65. The summed E-state index contributed by atoms with van der Waals surface area (Å²) in [6.45, 7) is 4.74. The van der Waals surface area contributed by atoms with Gasteiger partial charge >= 0.3 is 0 Å². The number of rotatable bonds is 1. The van der Waals surface area contributed by atoms with Crippen molar-refractivity contribution in [1.29, 1.82) is 0 Å². The Bertz CT molecular complexity index is 274. The minimum absolute atomic E-state index is 0.948. The maximum absolute atomic E-state index is 2.37. The van der Waals surface area contributed by atoms with Crippen molar-refractivity contribution in [2.24, 2.45) is 11.8 Å². The highest BCUT2D eigenvalue weighted by atomic mass is 14.3. The van der Waals surface area contributed by atoms with Crippen molar-refractivity contribution in [3.05, 3.63) is 11.1 Å². The van der Waals surface area contributed by atoms with E-state index >= 15 is 0 Å². The second kappa shape index (κ2) is 8.12. The SMILES string of the molecule is CC(C)=C1CCCCCCC1C1CCCCCCC1. The molecule has 2 rings (SSSR count). The summed E-state index contributed by atoms with van der Waals surface area (Å²) in [5.41, 5.74) is 3.51. The highest BCUT2D eigenvalue weighted by Crippen LogP contribution is 2.39. The monoisotopic (exact) mass is 262 g/mol. The van der Waals surface area contributed by atoms with Gasteiger partial charge in [0.25, 0.3) is 0 Å². The summed E-state index contributed by atoms with van der Waals surface area (Å²) >= 11 is 0. The first-order chi connectivity index (χ1) is 9.29. The molecule has 0 aromatic rings. The molecule has 2 saturated carbocycles. The molecule has 110 valence electrons. The van der Waals surface area contributed by atoms with E-state index in [9.17, 15) is 0 Å². The third-order valence-corrected chi connectivity index (χ3v) is 5.52. The van der Waals surface area contributed by atoms with Gasteiger partial charge in [0.2, 0.25) is 0 Å². The number of allylic oxidation sites excluding steroid dienone is 2. The second-order valence-electron chi connectivity index (χ2n) is 7.19. The molecule has 1 atom stereocenters. The summed E-state index contributed by atoms with van der Waals surface area (Å²) in [5, 5.41) is 0. The Morgan fingerprint density at radius 3 is 1.84 bits per heavy atom. The Hall–Kier alpha value is -0.260. The van der Waals surface area contributed by atoms with Crippen LogP contribution in [0.4, 0.5) is 0 Å². The quantitative estimate of drug-likeness (QED) is 0.464. The Morgan fingerprint density at radius 2 is 1.21 bits per heavy atom. The molecule has 2 aliphatic rings. The first kappa shape index (κ1) is 15.1. The first-order valence-corrected chi connectivity index (χ1v) is 8.95. The molecule has 0 nitrogen and oxygen atoms in total. The van der Waals surface area contributed by atoms with Crippen LogP contribution in [0.15, 0.2) is 11.1 Å². The van der Waals surface area contributed by atoms with E-state index in [0.717, 1.165) is 11.8 Å². The van der Waals surface area contributed by atoms with E-state index in [0.29, 0.717) is 0 Å². The predicted molar refractivity (Wildman–Crippen MR) is 85.4 cm³/mol. The molecule has 0 aliphatic heterocycles. The molecule has 0 spiro atoms. The molecule has 19 heavy (non-hydrogen) atoms. The van der Waals surface area contributed by atoms with Crippen molar-refractivity contribution in [2.45, 2.75) is 97.3 Å². The van der Waals surface area contributed by atoms with E-state index in [1.807, 2.05) is 5.57 Å². The van der Waals surface area contributed by atoms with Gasteiger partial charge < -0.3 is 0 Å². The van der Waals surface area contributed by atoms with Crippen LogP contribution < -0.4 is 0 Å². The molecule has 0 aromatic carbocycles. The fourth-order valence-electron chi connectivity index (χ4n) is 4.42. The van der Waals surface area contributed by atoms with Crippen LogP contribution in [0, 0.1) is 11.8 Å². The van der Waals surface area contributed by atoms with Gasteiger partial charge in [-0.15, -0.1) is 0 Å². The van der Waals surface area contributed by atoms with Crippen molar-refractivity contribution in [3.8, 4) is 0 Å². The van der Waals surface area contributed by atoms with E-state index in [4.69, 9.17) is 0 Å². The molecular weight excluding hydrogens is 228 g/mol. The van der Waals surface area contributed by atoms with Crippen molar-refractivity contribution in [3.63, 3.8) is 0 Å². The second-order valence-corrected chi connectivity index (χ2v) is 7.19. The average Bonchev–Trinajstić information content (AvgIpc) is 2.29. The number of hydrogen-bond donors (Lipinski definition) is 0. The van der Waals surface area contributed by atoms with Gasteiger partial charge in [-0.1, -0.05) is 62.5 Å². The molecular formula is C19H34. The van der Waals surface area contributed by atoms with Gasteiger partial charge in [-0.3, -0.25) is 0 Å². The molecule has 0 radical (unpaired) electrons. The summed E-state index contributed by atoms with van der Waals surface area (Å²) in [6, 6.07) is 0. The van der Waals surface area contributed by atoms with Crippen LogP contribution in [-0.4, -0.2) is 0 Å². The van der Waals surface area contributed by atoms with Crippen LogP contribution >= 0.6 is 0 Å². The largest absolute Gasteiger partial charge is 0.0769 e. The van der Waals surface area contributed by atoms with Gasteiger partial charge in [0.1, 0.15) is 0 Å². The summed E-state index contributed by atoms with van der Waals surface area (Å²) in [5.74, 6) is 1.96. The molecule has 0 saturated heterocycles. The van der Waals surface area contributed by atoms with E-state index in [1.54, 1.807) is 5.57 Å². The van der Waals surface area contributed by atoms with Crippen molar-refractivity contribution < 1.29 is 0 Å². The lowest BCUT2D eigenvalue weighted by Crippen LogP contribution is -2.20. The maximum atomic E-state index is 2.37. The maximum Gasteiger partial charge on any atom is -0.0172 e. The Labute approximate surface area is 121 Å². The van der Waals surface area contributed by atoms with Gasteiger partial charge in [-0.2, -0.15) is 0 Å². The molecule has 0 heteroatoms. The molecule has 2 aliphatic carbocycles. The van der Waals surface area contributed by atoms with Crippen LogP contribution in [-0.2, 0) is 0 Å². The molecule has 0 amide bonds. The van der Waals surface area contributed by atoms with E-state index in [-0.39, 0.29) is 0 Å². The molecule has 0 aromatic heterocycles. The van der Waals surface area contributed by atoms with E-state index < -0.39 is 0 Å². The van der Waals surface area contributed by atoms with Gasteiger partial charge in [0.15, 0.2) is 0 Å². The van der Waals surface area contributed by atoms with Crippen molar-refractivity contribution >= 4 is 0 Å². The van der Waals surface area contributed by atoms with Crippen LogP contribution in [0.2, 0.25) is 0 Å². The van der Waals surface area contributed by atoms with E-state index in [2.05, 4.69) is 13.8 Å². The lowest BCUT2D eigenvalue weighted by Gasteiger charge is -2.33. The highest BCUT2D eigenvalue weighted by molar-refractivity contribution is 5.15. The van der Waals surface area contributed by atoms with Crippen LogP contribution in [0.3, 0.4) is 0 Å². The predicted octanol–water partition coefficient (Wildman–Crippen LogP) is 6.65. The van der Waals surface area contributed by atoms with Crippen molar-refractivity contribution in [1.82, 2.24) is 0 Å². The van der Waals surface area contributed by atoms with Crippen LogP contribution in [0.25, 0.3) is 0 Å². The topological polar surface area (TPSA) is 0 Å². The minimum Gasteiger partial charge on any atom is -0.0769 e. The fourth-order valence-corrected chi connectivity index (χ4v) is 4.42. The summed E-state index contributed by atoms with van der Waals surface area (Å²) in [4.78, 5) is 0. The zero-order chi connectivity index (χ0) is 13.5. The molecule has 0 N–H and O–H groups in total. The summed E-state index contributed by atoms with van der Waals surface area (Å²) < 4.78 is 0. The van der Waals surface area contributed by atoms with Crippen LogP contribution in [0.5, 0.6) is 0 Å². The Kier molecular flexibility index (Phi) is 6.47. The molecule has 0 heterocycles. The lowest BCUT2D eigenvalue weighted by atomic mass is 9.72. The highest BCUT2D eigenvalue weighted by Gasteiger charge is 2.26. The lowest BCUT2D eigenvalue weighted by molar-refractivity contribution is 0.264. The summed E-state index contributed by atoms with van der Waals surface area (Å²) in [6.07, 6.45) is 19.3.